The fourth-order valence-corrected chi connectivity index (χ4v) is 2.73. The van der Waals surface area contributed by atoms with Crippen molar-refractivity contribution in [2.45, 2.75) is 38.1 Å². The highest BCUT2D eigenvalue weighted by Gasteiger charge is 2.23. The lowest BCUT2D eigenvalue weighted by Gasteiger charge is -2.30. The van der Waals surface area contributed by atoms with Crippen molar-refractivity contribution in [3.8, 4) is 0 Å². The summed E-state index contributed by atoms with van der Waals surface area (Å²) in [5.41, 5.74) is 5.62. The molecule has 1 saturated carbocycles. The number of aromatic nitrogens is 1. The molecule has 0 spiro atoms. The van der Waals surface area contributed by atoms with Crippen molar-refractivity contribution in [1.82, 2.24) is 4.98 Å². The number of pyridine rings is 1. The molecule has 2 rings (SSSR count). The Morgan fingerprint density at radius 3 is 2.71 bits per heavy atom. The van der Waals surface area contributed by atoms with E-state index >= 15 is 0 Å². The molecule has 1 fully saturated rings. The first-order valence-electron chi connectivity index (χ1n) is 6.39. The van der Waals surface area contributed by atoms with E-state index in [0.29, 0.717) is 6.04 Å². The molecule has 0 atom stereocenters. The van der Waals surface area contributed by atoms with Crippen LogP contribution in [0, 0.1) is 0 Å². The normalized spacial score (nSPS) is 16.4. The first kappa shape index (κ1) is 12.8. The van der Waals surface area contributed by atoms with Crippen LogP contribution in [0.15, 0.2) is 22.8 Å². The Kier molecular flexibility index (Phi) is 4.80. The van der Waals surface area contributed by atoms with E-state index in [1.165, 1.54) is 25.7 Å². The number of rotatable bonds is 5. The van der Waals surface area contributed by atoms with Gasteiger partial charge < -0.3 is 10.6 Å². The molecular formula is C13H20BrN3. The van der Waals surface area contributed by atoms with Gasteiger partial charge in [0, 0.05) is 23.3 Å². The maximum absolute atomic E-state index is 5.62. The van der Waals surface area contributed by atoms with Gasteiger partial charge in [-0.25, -0.2) is 4.98 Å². The summed E-state index contributed by atoms with van der Waals surface area (Å²) in [6.07, 6.45) is 8.19. The maximum atomic E-state index is 5.62. The number of hydrogen-bond acceptors (Lipinski definition) is 3. The number of hydrogen-bond donors (Lipinski definition) is 1. The van der Waals surface area contributed by atoms with E-state index in [0.717, 1.165) is 29.8 Å². The van der Waals surface area contributed by atoms with Crippen molar-refractivity contribution in [1.29, 1.82) is 0 Å². The Bertz CT molecular complexity index is 333. The van der Waals surface area contributed by atoms with Gasteiger partial charge in [0.1, 0.15) is 5.82 Å². The lowest BCUT2D eigenvalue weighted by Crippen LogP contribution is -2.35. The fourth-order valence-electron chi connectivity index (χ4n) is 2.50. The van der Waals surface area contributed by atoms with E-state index in [4.69, 9.17) is 5.73 Å². The smallest absolute Gasteiger partial charge is 0.128 e. The Morgan fingerprint density at radius 2 is 2.12 bits per heavy atom. The average Bonchev–Trinajstić information content (AvgIpc) is 2.85. The van der Waals surface area contributed by atoms with Crippen LogP contribution >= 0.6 is 15.9 Å². The second kappa shape index (κ2) is 6.36. The summed E-state index contributed by atoms with van der Waals surface area (Å²) in [7, 11) is 0. The Hall–Kier alpha value is -0.610. The molecular weight excluding hydrogens is 278 g/mol. The van der Waals surface area contributed by atoms with Gasteiger partial charge in [-0.15, -0.1) is 0 Å². The second-order valence-electron chi connectivity index (χ2n) is 4.61. The molecule has 0 radical (unpaired) electrons. The summed E-state index contributed by atoms with van der Waals surface area (Å²) < 4.78 is 1.03. The van der Waals surface area contributed by atoms with Gasteiger partial charge in [-0.2, -0.15) is 0 Å². The van der Waals surface area contributed by atoms with Gasteiger partial charge in [0.05, 0.1) is 0 Å². The van der Waals surface area contributed by atoms with Crippen molar-refractivity contribution in [3.05, 3.63) is 22.8 Å². The van der Waals surface area contributed by atoms with Gasteiger partial charge in [0.2, 0.25) is 0 Å². The number of anilines is 1. The van der Waals surface area contributed by atoms with Crippen LogP contribution in [0.2, 0.25) is 0 Å². The topological polar surface area (TPSA) is 42.1 Å². The zero-order chi connectivity index (χ0) is 12.1. The lowest BCUT2D eigenvalue weighted by atomic mass is 10.2. The van der Waals surface area contributed by atoms with Crippen molar-refractivity contribution < 1.29 is 0 Å². The van der Waals surface area contributed by atoms with E-state index in [1.54, 1.807) is 0 Å². The molecule has 4 heteroatoms. The van der Waals surface area contributed by atoms with E-state index in [-0.39, 0.29) is 0 Å². The molecule has 1 aromatic heterocycles. The summed E-state index contributed by atoms with van der Waals surface area (Å²) in [5.74, 6) is 1.09. The Labute approximate surface area is 112 Å². The molecule has 2 N–H and O–H groups in total. The summed E-state index contributed by atoms with van der Waals surface area (Å²) >= 11 is 3.43. The average molecular weight is 298 g/mol. The monoisotopic (exact) mass is 297 g/mol. The first-order chi connectivity index (χ1) is 8.31. The lowest BCUT2D eigenvalue weighted by molar-refractivity contribution is 0.587. The summed E-state index contributed by atoms with van der Waals surface area (Å²) in [4.78, 5) is 6.95. The molecule has 0 bridgehead atoms. The minimum atomic E-state index is 0.662. The molecule has 1 aliphatic carbocycles. The molecule has 17 heavy (non-hydrogen) atoms. The molecule has 0 saturated heterocycles. The highest BCUT2D eigenvalue weighted by molar-refractivity contribution is 9.10. The van der Waals surface area contributed by atoms with Crippen LogP contribution in [0.25, 0.3) is 0 Å². The van der Waals surface area contributed by atoms with Crippen LogP contribution in [0.3, 0.4) is 0 Å². The minimum absolute atomic E-state index is 0.662. The highest BCUT2D eigenvalue weighted by atomic mass is 79.9. The summed E-state index contributed by atoms with van der Waals surface area (Å²) in [6.45, 7) is 1.77. The van der Waals surface area contributed by atoms with Gasteiger partial charge in [-0.1, -0.05) is 12.8 Å². The van der Waals surface area contributed by atoms with E-state index in [1.807, 2.05) is 6.20 Å². The Morgan fingerprint density at radius 1 is 1.35 bits per heavy atom. The van der Waals surface area contributed by atoms with Gasteiger partial charge in [-0.05, 0) is 53.9 Å². The predicted octanol–water partition coefficient (Wildman–Crippen LogP) is 2.94. The molecule has 94 valence electrons. The van der Waals surface area contributed by atoms with Gasteiger partial charge in [-0.3, -0.25) is 0 Å². The Balaban J connectivity index is 2.10. The van der Waals surface area contributed by atoms with Crippen LogP contribution in [0.1, 0.15) is 32.1 Å². The van der Waals surface area contributed by atoms with E-state index in [2.05, 4.69) is 37.9 Å². The van der Waals surface area contributed by atoms with Gasteiger partial charge in [0.25, 0.3) is 0 Å². The molecule has 1 heterocycles. The fraction of sp³-hybridized carbons (Fsp3) is 0.615. The predicted molar refractivity (Wildman–Crippen MR) is 75.2 cm³/mol. The van der Waals surface area contributed by atoms with Crippen molar-refractivity contribution in [2.75, 3.05) is 18.0 Å². The third-order valence-corrected chi connectivity index (χ3v) is 3.84. The zero-order valence-corrected chi connectivity index (χ0v) is 11.7. The van der Waals surface area contributed by atoms with E-state index < -0.39 is 0 Å². The minimum Gasteiger partial charge on any atom is -0.354 e. The molecule has 1 aromatic rings. The van der Waals surface area contributed by atoms with Gasteiger partial charge in [0.15, 0.2) is 0 Å². The molecule has 0 aromatic carbocycles. The van der Waals surface area contributed by atoms with Crippen molar-refractivity contribution in [2.24, 2.45) is 5.73 Å². The van der Waals surface area contributed by atoms with Crippen molar-refractivity contribution >= 4 is 21.7 Å². The van der Waals surface area contributed by atoms with Crippen LogP contribution in [-0.4, -0.2) is 24.1 Å². The molecule has 0 unspecified atom stereocenters. The molecule has 0 aliphatic heterocycles. The highest BCUT2D eigenvalue weighted by Crippen LogP contribution is 2.27. The number of nitrogens with zero attached hydrogens (tertiary/aromatic N) is 2. The van der Waals surface area contributed by atoms with Crippen LogP contribution < -0.4 is 10.6 Å². The third kappa shape index (κ3) is 3.42. The summed E-state index contributed by atoms with van der Waals surface area (Å²) in [5, 5.41) is 0. The van der Waals surface area contributed by atoms with E-state index in [9.17, 15) is 0 Å². The SMILES string of the molecule is NCCCN(c1ccc(Br)cn1)C1CCCC1. The van der Waals surface area contributed by atoms with Crippen LogP contribution in [0.4, 0.5) is 5.82 Å². The first-order valence-corrected chi connectivity index (χ1v) is 7.19. The van der Waals surface area contributed by atoms with Crippen LogP contribution in [-0.2, 0) is 0 Å². The standard InChI is InChI=1S/C13H20BrN3/c14-11-6-7-13(16-10-11)17(9-3-8-15)12-4-1-2-5-12/h6-7,10,12H,1-5,8-9,15H2. The largest absolute Gasteiger partial charge is 0.354 e. The molecule has 0 amide bonds. The third-order valence-electron chi connectivity index (χ3n) is 3.37. The molecule has 1 aliphatic rings. The molecule has 3 nitrogen and oxygen atoms in total. The van der Waals surface area contributed by atoms with Crippen LogP contribution in [0.5, 0.6) is 0 Å². The zero-order valence-electron chi connectivity index (χ0n) is 10.1. The quantitative estimate of drug-likeness (QED) is 0.909. The van der Waals surface area contributed by atoms with Crippen molar-refractivity contribution in [3.63, 3.8) is 0 Å². The number of nitrogens with two attached hydrogens (primary N) is 1. The maximum Gasteiger partial charge on any atom is 0.128 e. The number of halogens is 1. The summed E-state index contributed by atoms with van der Waals surface area (Å²) in [6, 6.07) is 4.82. The second-order valence-corrected chi connectivity index (χ2v) is 5.52. The van der Waals surface area contributed by atoms with Gasteiger partial charge >= 0.3 is 0 Å².